The van der Waals surface area contributed by atoms with E-state index in [1.165, 1.54) is 25.0 Å². The van der Waals surface area contributed by atoms with E-state index in [1.54, 1.807) is 0 Å². The number of carbonyl (C=O) groups excluding carboxylic acids is 1. The van der Waals surface area contributed by atoms with Crippen molar-refractivity contribution in [3.63, 3.8) is 0 Å². The third kappa shape index (κ3) is 2.46. The number of halogens is 1. The van der Waals surface area contributed by atoms with E-state index in [0.29, 0.717) is 13.0 Å². The Labute approximate surface area is 124 Å². The number of hydrogen-bond donors (Lipinski definition) is 1. The molecule has 0 N–H and O–H groups in total. The molecule has 1 aromatic rings. The maximum absolute atomic E-state index is 13.5. The fourth-order valence-electron chi connectivity index (χ4n) is 3.51. The molecule has 2 nitrogen and oxygen atoms in total. The Morgan fingerprint density at radius 2 is 2.00 bits per heavy atom. The molecule has 0 bridgehead atoms. The summed E-state index contributed by atoms with van der Waals surface area (Å²) in [5.74, 6) is 0.646. The quantitative estimate of drug-likeness (QED) is 0.844. The summed E-state index contributed by atoms with van der Waals surface area (Å²) in [6.45, 7) is 0.686. The van der Waals surface area contributed by atoms with Crippen molar-refractivity contribution < 1.29 is 9.18 Å². The van der Waals surface area contributed by atoms with Gasteiger partial charge in [0.15, 0.2) is 0 Å². The lowest BCUT2D eigenvalue weighted by atomic mass is 9.86. The maximum Gasteiger partial charge on any atom is 0.227 e. The van der Waals surface area contributed by atoms with Crippen molar-refractivity contribution >= 4 is 24.2 Å². The Balaban J connectivity index is 1.92. The summed E-state index contributed by atoms with van der Waals surface area (Å²) in [5.41, 5.74) is 1.97. The van der Waals surface area contributed by atoms with Crippen LogP contribution in [0.25, 0.3) is 0 Å². The van der Waals surface area contributed by atoms with Gasteiger partial charge in [0.25, 0.3) is 0 Å². The standard InChI is InChI=1S/C16H20FNOS/c17-13-5-3-12-4-6-15(19)18(14(12)9-13)10-16(11-20)7-1-2-8-16/h3,5,9,20H,1-2,4,6-8,10-11H2. The van der Waals surface area contributed by atoms with Crippen molar-refractivity contribution in [1.29, 1.82) is 0 Å². The van der Waals surface area contributed by atoms with Crippen molar-refractivity contribution in [2.75, 3.05) is 17.2 Å². The van der Waals surface area contributed by atoms with Gasteiger partial charge in [0.2, 0.25) is 5.91 Å². The Hall–Kier alpha value is -1.03. The third-order valence-electron chi connectivity index (χ3n) is 4.74. The van der Waals surface area contributed by atoms with Crippen LogP contribution >= 0.6 is 12.6 Å². The first-order chi connectivity index (χ1) is 9.63. The van der Waals surface area contributed by atoms with Crippen LogP contribution in [0.15, 0.2) is 18.2 Å². The number of fused-ring (bicyclic) bond motifs is 1. The Morgan fingerprint density at radius 1 is 1.25 bits per heavy atom. The fraction of sp³-hybridized carbons (Fsp3) is 0.562. The number of amides is 1. The van der Waals surface area contributed by atoms with E-state index in [2.05, 4.69) is 12.6 Å². The van der Waals surface area contributed by atoms with Gasteiger partial charge in [-0.25, -0.2) is 4.39 Å². The van der Waals surface area contributed by atoms with Crippen molar-refractivity contribution in [1.82, 2.24) is 0 Å². The molecule has 0 unspecified atom stereocenters. The zero-order chi connectivity index (χ0) is 14.2. The lowest BCUT2D eigenvalue weighted by Gasteiger charge is -2.37. The molecule has 0 atom stereocenters. The fourth-order valence-corrected chi connectivity index (χ4v) is 3.93. The number of benzene rings is 1. The van der Waals surface area contributed by atoms with Gasteiger partial charge >= 0.3 is 0 Å². The van der Waals surface area contributed by atoms with Crippen LogP contribution in [0, 0.1) is 11.2 Å². The first kappa shape index (κ1) is 13.9. The molecule has 0 aromatic heterocycles. The number of thiol groups is 1. The molecule has 0 radical (unpaired) electrons. The summed E-state index contributed by atoms with van der Waals surface area (Å²) in [6, 6.07) is 4.80. The first-order valence-electron chi connectivity index (χ1n) is 7.33. The highest BCUT2D eigenvalue weighted by atomic mass is 32.1. The molecular formula is C16H20FNOS. The van der Waals surface area contributed by atoms with Crippen LogP contribution < -0.4 is 4.90 Å². The smallest absolute Gasteiger partial charge is 0.227 e. The van der Waals surface area contributed by atoms with Crippen LogP contribution in [0.2, 0.25) is 0 Å². The molecule has 1 heterocycles. The molecule has 0 spiro atoms. The summed E-state index contributed by atoms with van der Waals surface area (Å²) in [4.78, 5) is 14.1. The zero-order valence-corrected chi connectivity index (χ0v) is 12.5. The molecular weight excluding hydrogens is 273 g/mol. The molecule has 3 rings (SSSR count). The minimum Gasteiger partial charge on any atom is -0.311 e. The summed E-state index contributed by atoms with van der Waals surface area (Å²) in [6.07, 6.45) is 5.90. The van der Waals surface area contributed by atoms with Gasteiger partial charge in [-0.15, -0.1) is 0 Å². The molecule has 1 aromatic carbocycles. The molecule has 20 heavy (non-hydrogen) atoms. The van der Waals surface area contributed by atoms with E-state index in [9.17, 15) is 9.18 Å². The normalized spacial score (nSPS) is 21.1. The second kappa shape index (κ2) is 5.40. The van der Waals surface area contributed by atoms with Crippen LogP contribution in [0.5, 0.6) is 0 Å². The molecule has 1 saturated carbocycles. The van der Waals surface area contributed by atoms with Gasteiger partial charge in [0, 0.05) is 18.7 Å². The van der Waals surface area contributed by atoms with Gasteiger partial charge in [-0.05, 0) is 48.1 Å². The van der Waals surface area contributed by atoms with Crippen molar-refractivity contribution in [2.45, 2.75) is 38.5 Å². The second-order valence-electron chi connectivity index (χ2n) is 6.12. The number of aryl methyl sites for hydroxylation is 1. The molecule has 1 aliphatic carbocycles. The van der Waals surface area contributed by atoms with Gasteiger partial charge in [0.1, 0.15) is 5.82 Å². The molecule has 1 amide bonds. The largest absolute Gasteiger partial charge is 0.311 e. The minimum absolute atomic E-state index is 0.111. The topological polar surface area (TPSA) is 20.3 Å². The van der Waals surface area contributed by atoms with Crippen LogP contribution in [0.4, 0.5) is 10.1 Å². The molecule has 108 valence electrons. The van der Waals surface area contributed by atoms with E-state index < -0.39 is 0 Å². The van der Waals surface area contributed by atoms with Crippen LogP contribution in [0.1, 0.15) is 37.7 Å². The maximum atomic E-state index is 13.5. The van der Waals surface area contributed by atoms with Gasteiger partial charge in [-0.3, -0.25) is 4.79 Å². The minimum atomic E-state index is -0.269. The molecule has 4 heteroatoms. The molecule has 0 saturated heterocycles. The van der Waals surface area contributed by atoms with Gasteiger partial charge in [-0.1, -0.05) is 18.9 Å². The number of nitrogens with zero attached hydrogens (tertiary/aromatic N) is 1. The van der Waals surface area contributed by atoms with E-state index >= 15 is 0 Å². The van der Waals surface area contributed by atoms with E-state index in [-0.39, 0.29) is 17.1 Å². The van der Waals surface area contributed by atoms with Gasteiger partial charge in [0.05, 0.1) is 0 Å². The van der Waals surface area contributed by atoms with E-state index in [4.69, 9.17) is 0 Å². The Bertz CT molecular complexity index is 525. The number of anilines is 1. The average molecular weight is 293 g/mol. The highest BCUT2D eigenvalue weighted by Crippen LogP contribution is 2.42. The number of hydrogen-bond acceptors (Lipinski definition) is 2. The predicted molar refractivity (Wildman–Crippen MR) is 81.8 cm³/mol. The first-order valence-corrected chi connectivity index (χ1v) is 7.96. The van der Waals surface area contributed by atoms with Crippen molar-refractivity contribution in [3.8, 4) is 0 Å². The molecule has 2 aliphatic rings. The number of carbonyl (C=O) groups is 1. The summed E-state index contributed by atoms with van der Waals surface area (Å²) < 4.78 is 13.5. The van der Waals surface area contributed by atoms with Gasteiger partial charge < -0.3 is 4.90 Å². The highest BCUT2D eigenvalue weighted by molar-refractivity contribution is 7.80. The van der Waals surface area contributed by atoms with Crippen LogP contribution in [-0.4, -0.2) is 18.2 Å². The number of rotatable bonds is 3. The summed E-state index contributed by atoms with van der Waals surface area (Å²) >= 11 is 4.51. The van der Waals surface area contributed by atoms with Crippen molar-refractivity contribution in [3.05, 3.63) is 29.6 Å². The van der Waals surface area contributed by atoms with Gasteiger partial charge in [-0.2, -0.15) is 12.6 Å². The highest BCUT2D eigenvalue weighted by Gasteiger charge is 2.37. The second-order valence-corrected chi connectivity index (χ2v) is 6.43. The summed E-state index contributed by atoms with van der Waals surface area (Å²) in [7, 11) is 0. The Kier molecular flexibility index (Phi) is 3.76. The monoisotopic (exact) mass is 293 g/mol. The van der Waals surface area contributed by atoms with E-state index in [0.717, 1.165) is 36.3 Å². The average Bonchev–Trinajstić information content (AvgIpc) is 2.91. The lowest BCUT2D eigenvalue weighted by Crippen LogP contribution is -2.43. The molecule has 1 aliphatic heterocycles. The SMILES string of the molecule is O=C1CCc2ccc(F)cc2N1CC1(CS)CCCC1. The molecule has 1 fully saturated rings. The third-order valence-corrected chi connectivity index (χ3v) is 5.41. The lowest BCUT2D eigenvalue weighted by molar-refractivity contribution is -0.119. The predicted octanol–water partition coefficient (Wildman–Crippen LogP) is 3.60. The van der Waals surface area contributed by atoms with E-state index in [1.807, 2.05) is 11.0 Å². The van der Waals surface area contributed by atoms with Crippen LogP contribution in [0.3, 0.4) is 0 Å². The summed E-state index contributed by atoms with van der Waals surface area (Å²) in [5, 5.41) is 0. The van der Waals surface area contributed by atoms with Crippen molar-refractivity contribution in [2.24, 2.45) is 5.41 Å². The van der Waals surface area contributed by atoms with Crippen LogP contribution in [-0.2, 0) is 11.2 Å². The Morgan fingerprint density at radius 3 is 2.70 bits per heavy atom. The zero-order valence-electron chi connectivity index (χ0n) is 11.6.